The highest BCUT2D eigenvalue weighted by Crippen LogP contribution is 2.42. The number of benzene rings is 2. The van der Waals surface area contributed by atoms with E-state index in [0.29, 0.717) is 11.3 Å². The Labute approximate surface area is 138 Å². The Kier molecular flexibility index (Phi) is 3.37. The first-order valence-corrected chi connectivity index (χ1v) is 8.01. The van der Waals surface area contributed by atoms with Crippen molar-refractivity contribution in [1.29, 1.82) is 0 Å². The minimum Gasteiger partial charge on any atom is -0.481 e. The van der Waals surface area contributed by atoms with Gasteiger partial charge in [0.05, 0.1) is 12.5 Å². The first-order valence-electron chi connectivity index (χ1n) is 8.01. The van der Waals surface area contributed by atoms with Crippen molar-refractivity contribution in [2.75, 3.05) is 4.90 Å². The minimum absolute atomic E-state index is 0.200. The molecule has 0 bridgehead atoms. The molecule has 0 fully saturated rings. The molecule has 4 rings (SSSR count). The van der Waals surface area contributed by atoms with Gasteiger partial charge in [0, 0.05) is 11.3 Å². The number of fused-ring (bicyclic) bond motifs is 2. The summed E-state index contributed by atoms with van der Waals surface area (Å²) in [6.07, 6.45) is 2.76. The Morgan fingerprint density at radius 1 is 1.21 bits per heavy atom. The van der Waals surface area contributed by atoms with E-state index in [2.05, 4.69) is 0 Å². The maximum Gasteiger partial charge on any atom is 0.305 e. The molecule has 1 unspecified atom stereocenters. The summed E-state index contributed by atoms with van der Waals surface area (Å²) in [6.45, 7) is 0. The number of carboxylic acid groups (broad SMARTS) is 1. The Morgan fingerprint density at radius 3 is 2.67 bits per heavy atom. The lowest BCUT2D eigenvalue weighted by Crippen LogP contribution is -2.29. The number of halogens is 1. The van der Waals surface area contributed by atoms with Crippen LogP contribution in [0.3, 0.4) is 0 Å². The fraction of sp³-hybridized carbons (Fsp3) is 0.263. The van der Waals surface area contributed by atoms with Crippen LogP contribution >= 0.6 is 0 Å². The highest BCUT2D eigenvalue weighted by atomic mass is 19.1. The number of nitrogens with zero attached hydrogens (tertiary/aromatic N) is 1. The normalized spacial score (nSPS) is 18.6. The number of aliphatic carboxylic acids is 1. The minimum atomic E-state index is -0.984. The lowest BCUT2D eigenvalue weighted by molar-refractivity contribution is -0.137. The van der Waals surface area contributed by atoms with Crippen molar-refractivity contribution in [1.82, 2.24) is 0 Å². The summed E-state index contributed by atoms with van der Waals surface area (Å²) in [7, 11) is 0. The molecule has 24 heavy (non-hydrogen) atoms. The summed E-state index contributed by atoms with van der Waals surface area (Å²) in [6, 6.07) is 9.01. The van der Waals surface area contributed by atoms with Gasteiger partial charge in [-0.2, -0.15) is 0 Å². The molecule has 2 aromatic rings. The van der Waals surface area contributed by atoms with E-state index in [1.165, 1.54) is 28.7 Å². The predicted octanol–water partition coefficient (Wildman–Crippen LogP) is 3.49. The van der Waals surface area contributed by atoms with Crippen LogP contribution in [0.5, 0.6) is 0 Å². The molecule has 5 heteroatoms. The van der Waals surface area contributed by atoms with Gasteiger partial charge in [0.15, 0.2) is 0 Å². The first-order chi connectivity index (χ1) is 11.5. The van der Waals surface area contributed by atoms with E-state index in [9.17, 15) is 19.1 Å². The first kappa shape index (κ1) is 14.9. The molecule has 1 atom stereocenters. The Morgan fingerprint density at radius 2 is 1.96 bits per heavy atom. The van der Waals surface area contributed by atoms with Crippen molar-refractivity contribution in [3.63, 3.8) is 0 Å². The molecule has 0 aromatic heterocycles. The third kappa shape index (κ3) is 2.28. The van der Waals surface area contributed by atoms with Crippen molar-refractivity contribution < 1.29 is 19.1 Å². The summed E-state index contributed by atoms with van der Waals surface area (Å²) >= 11 is 0. The predicted molar refractivity (Wildman–Crippen MR) is 86.7 cm³/mol. The molecule has 4 nitrogen and oxygen atoms in total. The van der Waals surface area contributed by atoms with E-state index in [1.807, 2.05) is 12.1 Å². The molecule has 2 aromatic carbocycles. The molecule has 122 valence electrons. The zero-order valence-corrected chi connectivity index (χ0v) is 13.0. The second-order valence-electron chi connectivity index (χ2n) is 6.33. The molecule has 0 saturated carbocycles. The van der Waals surface area contributed by atoms with Crippen LogP contribution in [0.4, 0.5) is 10.1 Å². The second-order valence-corrected chi connectivity index (χ2v) is 6.33. The third-order valence-corrected chi connectivity index (χ3v) is 4.84. The van der Waals surface area contributed by atoms with Crippen molar-refractivity contribution >= 4 is 17.6 Å². The SMILES string of the molecule is O=C(O)CC1c2cc3c(cc2C(=O)N1c1cccc(F)c1)CCC3. The van der Waals surface area contributed by atoms with Crippen molar-refractivity contribution in [3.05, 3.63) is 64.5 Å². The van der Waals surface area contributed by atoms with Crippen LogP contribution in [-0.4, -0.2) is 17.0 Å². The van der Waals surface area contributed by atoms with Crippen LogP contribution in [0.2, 0.25) is 0 Å². The van der Waals surface area contributed by atoms with E-state index < -0.39 is 17.8 Å². The molecule has 1 aliphatic heterocycles. The smallest absolute Gasteiger partial charge is 0.305 e. The highest BCUT2D eigenvalue weighted by Gasteiger charge is 2.40. The van der Waals surface area contributed by atoms with Gasteiger partial charge >= 0.3 is 5.97 Å². The highest BCUT2D eigenvalue weighted by molar-refractivity contribution is 6.11. The third-order valence-electron chi connectivity index (χ3n) is 4.84. The number of carbonyl (C=O) groups is 2. The van der Waals surface area contributed by atoms with Crippen molar-refractivity contribution in [3.8, 4) is 0 Å². The molecule has 1 amide bonds. The van der Waals surface area contributed by atoms with Crippen LogP contribution < -0.4 is 4.90 Å². The number of hydrogen-bond acceptors (Lipinski definition) is 2. The summed E-state index contributed by atoms with van der Waals surface area (Å²) < 4.78 is 13.6. The van der Waals surface area contributed by atoms with E-state index in [1.54, 1.807) is 6.07 Å². The van der Waals surface area contributed by atoms with Gasteiger partial charge in [-0.25, -0.2) is 4.39 Å². The number of rotatable bonds is 3. The standard InChI is InChI=1S/C19H16FNO3/c20-13-5-2-6-14(9-13)21-17(10-18(22)23)15-7-11-3-1-4-12(11)8-16(15)19(21)24/h2,5-9,17H,1,3-4,10H2,(H,22,23). The van der Waals surface area contributed by atoms with E-state index in [4.69, 9.17) is 0 Å². The fourth-order valence-electron chi connectivity index (χ4n) is 3.80. The van der Waals surface area contributed by atoms with Gasteiger partial charge in [0.1, 0.15) is 5.82 Å². The maximum atomic E-state index is 13.6. The Hall–Kier alpha value is -2.69. The number of carboxylic acids is 1. The van der Waals surface area contributed by atoms with Gasteiger partial charge in [-0.1, -0.05) is 12.1 Å². The summed E-state index contributed by atoms with van der Waals surface area (Å²) in [5.41, 5.74) is 4.04. The van der Waals surface area contributed by atoms with E-state index >= 15 is 0 Å². The molecule has 2 aliphatic rings. The average molecular weight is 325 g/mol. The number of amides is 1. The molecular formula is C19H16FNO3. The molecular weight excluding hydrogens is 309 g/mol. The maximum absolute atomic E-state index is 13.6. The van der Waals surface area contributed by atoms with Gasteiger partial charge < -0.3 is 10.0 Å². The molecule has 0 saturated heterocycles. The van der Waals surface area contributed by atoms with Gasteiger partial charge in [-0.15, -0.1) is 0 Å². The monoisotopic (exact) mass is 325 g/mol. The van der Waals surface area contributed by atoms with E-state index in [0.717, 1.165) is 30.4 Å². The number of carbonyl (C=O) groups excluding carboxylic acids is 1. The molecule has 0 radical (unpaired) electrons. The van der Waals surface area contributed by atoms with Crippen molar-refractivity contribution in [2.24, 2.45) is 0 Å². The van der Waals surface area contributed by atoms with Gasteiger partial charge in [0.25, 0.3) is 5.91 Å². The quantitative estimate of drug-likeness (QED) is 0.940. The van der Waals surface area contributed by atoms with Crippen molar-refractivity contribution in [2.45, 2.75) is 31.7 Å². The van der Waals surface area contributed by atoms with Gasteiger partial charge in [-0.05, 0) is 60.2 Å². The molecule has 1 heterocycles. The summed E-state index contributed by atoms with van der Waals surface area (Å²) in [5.74, 6) is -1.69. The van der Waals surface area contributed by atoms with Crippen LogP contribution in [0.15, 0.2) is 36.4 Å². The zero-order valence-electron chi connectivity index (χ0n) is 13.0. The lowest BCUT2D eigenvalue weighted by Gasteiger charge is -2.24. The molecule has 1 N–H and O–H groups in total. The van der Waals surface area contributed by atoms with Crippen LogP contribution in [-0.2, 0) is 17.6 Å². The molecule has 1 aliphatic carbocycles. The topological polar surface area (TPSA) is 57.6 Å². The largest absolute Gasteiger partial charge is 0.481 e. The number of hydrogen-bond donors (Lipinski definition) is 1. The number of anilines is 1. The average Bonchev–Trinajstić information content (AvgIpc) is 3.09. The van der Waals surface area contributed by atoms with Crippen LogP contribution in [0.25, 0.3) is 0 Å². The molecule has 0 spiro atoms. The Bertz CT molecular complexity index is 862. The summed E-state index contributed by atoms with van der Waals surface area (Å²) in [5, 5.41) is 9.29. The van der Waals surface area contributed by atoms with Crippen LogP contribution in [0, 0.1) is 5.82 Å². The zero-order chi connectivity index (χ0) is 16.8. The van der Waals surface area contributed by atoms with Crippen LogP contribution in [0.1, 0.15) is 45.9 Å². The summed E-state index contributed by atoms with van der Waals surface area (Å²) in [4.78, 5) is 25.7. The lowest BCUT2D eigenvalue weighted by atomic mass is 9.96. The number of aryl methyl sites for hydroxylation is 2. The van der Waals surface area contributed by atoms with Gasteiger partial charge in [0.2, 0.25) is 0 Å². The second kappa shape index (κ2) is 5.44. The van der Waals surface area contributed by atoms with Gasteiger partial charge in [-0.3, -0.25) is 9.59 Å². The Balaban J connectivity index is 1.85. The fourth-order valence-corrected chi connectivity index (χ4v) is 3.80. The van der Waals surface area contributed by atoms with E-state index in [-0.39, 0.29) is 12.3 Å².